The highest BCUT2D eigenvalue weighted by Gasteiger charge is 2.28. The molecule has 0 atom stereocenters. The van der Waals surface area contributed by atoms with Crippen molar-refractivity contribution in [3.05, 3.63) is 46.0 Å². The summed E-state index contributed by atoms with van der Waals surface area (Å²) in [6.45, 7) is 6.21. The van der Waals surface area contributed by atoms with Crippen LogP contribution in [-0.4, -0.2) is 51.1 Å². The summed E-state index contributed by atoms with van der Waals surface area (Å²) < 4.78 is 6.44. The minimum Gasteiger partial charge on any atom is -0.491 e. The Morgan fingerprint density at radius 1 is 1.18 bits per heavy atom. The Labute approximate surface area is 197 Å². The SMILES string of the molecule is CCN1CCC(c2ccc3[nH]c(-c4c(=O)[nH]cc5c(C#N)c[nH]c45)nc3c2OCC2CC2)CC1. The number of imidazole rings is 1. The van der Waals surface area contributed by atoms with Crippen molar-refractivity contribution >= 4 is 21.9 Å². The topological polar surface area (TPSA) is 114 Å². The van der Waals surface area contributed by atoms with Crippen molar-refractivity contribution in [1.29, 1.82) is 5.26 Å². The summed E-state index contributed by atoms with van der Waals surface area (Å²) in [4.78, 5) is 29.4. The molecule has 0 radical (unpaired) electrons. The van der Waals surface area contributed by atoms with Crippen molar-refractivity contribution in [2.45, 2.75) is 38.5 Å². The average molecular weight is 457 g/mol. The van der Waals surface area contributed by atoms with E-state index in [9.17, 15) is 10.1 Å². The van der Waals surface area contributed by atoms with Gasteiger partial charge in [0, 0.05) is 17.8 Å². The monoisotopic (exact) mass is 456 g/mol. The van der Waals surface area contributed by atoms with Gasteiger partial charge in [0.15, 0.2) is 5.75 Å². The van der Waals surface area contributed by atoms with Gasteiger partial charge in [-0.1, -0.05) is 13.0 Å². The van der Waals surface area contributed by atoms with Gasteiger partial charge in [-0.2, -0.15) is 5.26 Å². The molecule has 3 aromatic heterocycles. The lowest BCUT2D eigenvalue weighted by Crippen LogP contribution is -2.32. The molecule has 0 spiro atoms. The van der Waals surface area contributed by atoms with Gasteiger partial charge in [-0.15, -0.1) is 0 Å². The van der Waals surface area contributed by atoms with E-state index in [-0.39, 0.29) is 5.56 Å². The summed E-state index contributed by atoms with van der Waals surface area (Å²) >= 11 is 0. The summed E-state index contributed by atoms with van der Waals surface area (Å²) in [6, 6.07) is 6.39. The third kappa shape index (κ3) is 3.57. The number of rotatable bonds is 6. The normalized spacial score (nSPS) is 17.4. The van der Waals surface area contributed by atoms with Crippen molar-refractivity contribution in [2.75, 3.05) is 26.2 Å². The number of H-pyrrole nitrogens is 3. The highest BCUT2D eigenvalue weighted by Crippen LogP contribution is 2.40. The Morgan fingerprint density at radius 3 is 2.74 bits per heavy atom. The van der Waals surface area contributed by atoms with Gasteiger partial charge >= 0.3 is 0 Å². The minimum atomic E-state index is -0.259. The zero-order valence-electron chi connectivity index (χ0n) is 19.3. The molecule has 0 unspecified atom stereocenters. The second kappa shape index (κ2) is 8.33. The fourth-order valence-corrected chi connectivity index (χ4v) is 5.14. The fraction of sp³-hybridized carbons (Fsp3) is 0.423. The van der Waals surface area contributed by atoms with Crippen LogP contribution in [0.4, 0.5) is 0 Å². The van der Waals surface area contributed by atoms with Crippen LogP contribution in [0.25, 0.3) is 33.3 Å². The van der Waals surface area contributed by atoms with Crippen molar-refractivity contribution in [3.8, 4) is 23.2 Å². The third-order valence-corrected chi connectivity index (χ3v) is 7.38. The van der Waals surface area contributed by atoms with Crippen molar-refractivity contribution in [3.63, 3.8) is 0 Å². The van der Waals surface area contributed by atoms with Gasteiger partial charge in [-0.25, -0.2) is 4.98 Å². The summed E-state index contributed by atoms with van der Waals surface area (Å²) in [5.41, 5.74) is 4.07. The van der Waals surface area contributed by atoms with E-state index in [0.29, 0.717) is 46.3 Å². The summed E-state index contributed by atoms with van der Waals surface area (Å²) in [6.07, 6.45) is 7.84. The maximum absolute atomic E-state index is 12.8. The number of nitriles is 1. The summed E-state index contributed by atoms with van der Waals surface area (Å²) in [5.74, 6) is 2.40. The van der Waals surface area contributed by atoms with Crippen LogP contribution < -0.4 is 10.3 Å². The lowest BCUT2D eigenvalue weighted by atomic mass is 9.88. The van der Waals surface area contributed by atoms with Crippen molar-refractivity contribution < 1.29 is 4.74 Å². The Hall–Kier alpha value is -3.57. The van der Waals surface area contributed by atoms with Gasteiger partial charge < -0.3 is 24.6 Å². The molecular weight excluding hydrogens is 428 g/mol. The standard InChI is InChI=1S/C26H28N6O2/c1-2-32-9-7-16(8-10-32)18-5-6-20-23(24(18)34-14-15-3-4-15)31-25(30-20)21-22-19(13-29-26(21)33)17(11-27)12-28-22/h5-6,12-13,15-16,28H,2-4,7-10,14H2,1H3,(H,29,33)(H,30,31). The van der Waals surface area contributed by atoms with Gasteiger partial charge in [-0.3, -0.25) is 4.79 Å². The molecule has 2 fully saturated rings. The first-order valence-electron chi connectivity index (χ1n) is 12.2. The summed E-state index contributed by atoms with van der Waals surface area (Å²) in [7, 11) is 0. The molecule has 4 aromatic rings. The Kier molecular flexibility index (Phi) is 5.15. The lowest BCUT2D eigenvalue weighted by molar-refractivity contribution is 0.218. The maximum Gasteiger partial charge on any atom is 0.261 e. The highest BCUT2D eigenvalue weighted by molar-refractivity contribution is 5.97. The molecule has 6 rings (SSSR count). The fourth-order valence-electron chi connectivity index (χ4n) is 5.14. The minimum absolute atomic E-state index is 0.259. The summed E-state index contributed by atoms with van der Waals surface area (Å²) in [5, 5.41) is 10.1. The number of piperidine rings is 1. The van der Waals surface area contributed by atoms with E-state index in [1.54, 1.807) is 12.4 Å². The number of fused-ring (bicyclic) bond motifs is 2. The zero-order valence-corrected chi connectivity index (χ0v) is 19.3. The van der Waals surface area contributed by atoms with E-state index < -0.39 is 0 Å². The van der Waals surface area contributed by atoms with E-state index >= 15 is 0 Å². The van der Waals surface area contributed by atoms with Crippen LogP contribution in [0.2, 0.25) is 0 Å². The number of nitrogens with zero attached hydrogens (tertiary/aromatic N) is 3. The maximum atomic E-state index is 12.8. The number of ether oxygens (including phenoxy) is 1. The van der Waals surface area contributed by atoms with Crippen molar-refractivity contribution in [1.82, 2.24) is 24.8 Å². The molecule has 34 heavy (non-hydrogen) atoms. The van der Waals surface area contributed by atoms with Gasteiger partial charge in [0.05, 0.1) is 23.2 Å². The second-order valence-electron chi connectivity index (χ2n) is 9.52. The Bertz CT molecular complexity index is 1460. The van der Waals surface area contributed by atoms with E-state index in [4.69, 9.17) is 9.72 Å². The first-order valence-corrected chi connectivity index (χ1v) is 12.2. The number of aromatic amines is 3. The van der Waals surface area contributed by atoms with Crippen LogP contribution in [0.3, 0.4) is 0 Å². The average Bonchev–Trinajstić information content (AvgIpc) is 3.44. The molecule has 1 saturated carbocycles. The zero-order chi connectivity index (χ0) is 23.2. The van der Waals surface area contributed by atoms with E-state index in [1.165, 1.54) is 18.4 Å². The van der Waals surface area contributed by atoms with Gasteiger partial charge in [0.25, 0.3) is 5.56 Å². The van der Waals surface area contributed by atoms with E-state index in [0.717, 1.165) is 49.3 Å². The molecule has 1 aromatic carbocycles. The van der Waals surface area contributed by atoms with Gasteiger partial charge in [-0.05, 0) is 68.8 Å². The molecular formula is C26H28N6O2. The molecule has 8 nitrogen and oxygen atoms in total. The van der Waals surface area contributed by atoms with Crippen LogP contribution in [0.15, 0.2) is 29.3 Å². The van der Waals surface area contributed by atoms with Crippen LogP contribution in [-0.2, 0) is 0 Å². The van der Waals surface area contributed by atoms with Crippen LogP contribution in [0, 0.1) is 17.2 Å². The number of likely N-dealkylation sites (tertiary alicyclic amines) is 1. The van der Waals surface area contributed by atoms with Crippen molar-refractivity contribution in [2.24, 2.45) is 5.92 Å². The second-order valence-corrected chi connectivity index (χ2v) is 9.52. The van der Waals surface area contributed by atoms with Gasteiger partial charge in [0.2, 0.25) is 0 Å². The molecule has 0 amide bonds. The molecule has 4 heterocycles. The highest BCUT2D eigenvalue weighted by atomic mass is 16.5. The third-order valence-electron chi connectivity index (χ3n) is 7.38. The lowest BCUT2D eigenvalue weighted by Gasteiger charge is -2.32. The number of benzene rings is 1. The molecule has 2 aliphatic rings. The van der Waals surface area contributed by atoms with Crippen LogP contribution >= 0.6 is 0 Å². The number of aromatic nitrogens is 4. The predicted molar refractivity (Wildman–Crippen MR) is 131 cm³/mol. The number of hydrogen-bond acceptors (Lipinski definition) is 5. The Balaban J connectivity index is 1.46. The molecule has 1 aliphatic heterocycles. The first kappa shape index (κ1) is 21.0. The number of pyridine rings is 1. The predicted octanol–water partition coefficient (Wildman–Crippen LogP) is 4.26. The quantitative estimate of drug-likeness (QED) is 0.401. The number of nitrogens with one attached hydrogen (secondary N) is 3. The van der Waals surface area contributed by atoms with Gasteiger partial charge in [0.1, 0.15) is 23.0 Å². The van der Waals surface area contributed by atoms with Crippen LogP contribution in [0.5, 0.6) is 5.75 Å². The first-order chi connectivity index (χ1) is 16.7. The molecule has 3 N–H and O–H groups in total. The largest absolute Gasteiger partial charge is 0.491 e. The molecule has 1 saturated heterocycles. The van der Waals surface area contributed by atoms with E-state index in [2.05, 4.69) is 45.0 Å². The van der Waals surface area contributed by atoms with Crippen LogP contribution in [0.1, 0.15) is 49.7 Å². The number of hydrogen-bond donors (Lipinski definition) is 3. The molecule has 1 aliphatic carbocycles. The van der Waals surface area contributed by atoms with E-state index in [1.807, 2.05) is 0 Å². The molecule has 8 heteroatoms. The Morgan fingerprint density at radius 2 is 2.00 bits per heavy atom. The molecule has 0 bridgehead atoms. The smallest absolute Gasteiger partial charge is 0.261 e. The molecule has 174 valence electrons.